The van der Waals surface area contributed by atoms with Crippen LogP contribution in [0.1, 0.15) is 0 Å². The number of hydrogen-bond donors (Lipinski definition) is 2. The highest BCUT2D eigenvalue weighted by Gasteiger charge is 2.03. The first-order valence-electron chi connectivity index (χ1n) is 4.59. The van der Waals surface area contributed by atoms with Crippen LogP contribution in [0.5, 0.6) is 0 Å². The fourth-order valence-electron chi connectivity index (χ4n) is 0.992. The molecule has 0 bridgehead atoms. The summed E-state index contributed by atoms with van der Waals surface area (Å²) in [7, 11) is 0. The number of nitrogens with one attached hydrogen (secondary N) is 1. The van der Waals surface area contributed by atoms with Crippen LogP contribution in [0.2, 0.25) is 0 Å². The molecule has 0 atom stereocenters. The summed E-state index contributed by atoms with van der Waals surface area (Å²) >= 11 is 1.43. The summed E-state index contributed by atoms with van der Waals surface area (Å²) in [5.74, 6) is 0.366. The number of nitrogens with two attached hydrogens (primary N) is 1. The molecule has 1 aromatic carbocycles. The third kappa shape index (κ3) is 4.08. The van der Waals surface area contributed by atoms with E-state index >= 15 is 0 Å². The SMILES string of the molecule is C=CCNC(=O)CSc1ccccc1N. The second kappa shape index (κ2) is 6.14. The van der Waals surface area contributed by atoms with Crippen LogP contribution in [0.3, 0.4) is 0 Å². The van der Waals surface area contributed by atoms with Crippen molar-refractivity contribution in [3.63, 3.8) is 0 Å². The molecule has 1 rings (SSSR count). The number of anilines is 1. The zero-order valence-corrected chi connectivity index (χ0v) is 9.22. The predicted molar refractivity (Wildman–Crippen MR) is 64.8 cm³/mol. The molecule has 3 nitrogen and oxygen atoms in total. The Morgan fingerprint density at radius 1 is 1.53 bits per heavy atom. The van der Waals surface area contributed by atoms with Gasteiger partial charge in [-0.1, -0.05) is 18.2 Å². The van der Waals surface area contributed by atoms with Crippen LogP contribution < -0.4 is 11.1 Å². The van der Waals surface area contributed by atoms with Gasteiger partial charge in [0.1, 0.15) is 0 Å². The molecule has 0 aliphatic rings. The third-order valence-electron chi connectivity index (χ3n) is 1.72. The number of benzene rings is 1. The van der Waals surface area contributed by atoms with Crippen LogP contribution in [-0.2, 0) is 4.79 Å². The number of carbonyl (C=O) groups excluding carboxylic acids is 1. The lowest BCUT2D eigenvalue weighted by molar-refractivity contribution is -0.118. The number of para-hydroxylation sites is 1. The van der Waals surface area contributed by atoms with Crippen LogP contribution in [0.15, 0.2) is 41.8 Å². The molecule has 0 spiro atoms. The summed E-state index contributed by atoms with van der Waals surface area (Å²) in [5.41, 5.74) is 6.45. The maximum absolute atomic E-state index is 11.3. The average Bonchev–Trinajstić information content (AvgIpc) is 2.25. The van der Waals surface area contributed by atoms with E-state index in [0.717, 1.165) is 4.90 Å². The monoisotopic (exact) mass is 222 g/mol. The van der Waals surface area contributed by atoms with Crippen molar-refractivity contribution in [2.75, 3.05) is 18.0 Å². The highest BCUT2D eigenvalue weighted by molar-refractivity contribution is 8.00. The van der Waals surface area contributed by atoms with E-state index in [0.29, 0.717) is 18.0 Å². The van der Waals surface area contributed by atoms with Gasteiger partial charge in [0.2, 0.25) is 5.91 Å². The molecule has 0 fully saturated rings. The van der Waals surface area contributed by atoms with Gasteiger partial charge < -0.3 is 11.1 Å². The lowest BCUT2D eigenvalue weighted by atomic mass is 10.3. The Labute approximate surface area is 93.7 Å². The van der Waals surface area contributed by atoms with Gasteiger partial charge in [0, 0.05) is 17.1 Å². The molecule has 0 saturated carbocycles. The molecule has 1 amide bonds. The number of carbonyl (C=O) groups is 1. The topological polar surface area (TPSA) is 55.1 Å². The first-order chi connectivity index (χ1) is 7.24. The van der Waals surface area contributed by atoms with E-state index in [2.05, 4.69) is 11.9 Å². The molecule has 80 valence electrons. The van der Waals surface area contributed by atoms with Crippen LogP contribution >= 0.6 is 11.8 Å². The number of hydrogen-bond acceptors (Lipinski definition) is 3. The maximum atomic E-state index is 11.3. The van der Waals surface area contributed by atoms with E-state index in [1.54, 1.807) is 6.08 Å². The lowest BCUT2D eigenvalue weighted by Crippen LogP contribution is -2.24. The minimum Gasteiger partial charge on any atom is -0.398 e. The zero-order valence-electron chi connectivity index (χ0n) is 8.40. The summed E-state index contributed by atoms with van der Waals surface area (Å²) < 4.78 is 0. The van der Waals surface area contributed by atoms with Crippen molar-refractivity contribution < 1.29 is 4.79 Å². The molecule has 1 aromatic rings. The van der Waals surface area contributed by atoms with Gasteiger partial charge >= 0.3 is 0 Å². The lowest BCUT2D eigenvalue weighted by Gasteiger charge is -2.04. The highest BCUT2D eigenvalue weighted by atomic mass is 32.2. The Morgan fingerprint density at radius 3 is 2.93 bits per heavy atom. The molecule has 0 aromatic heterocycles. The van der Waals surface area contributed by atoms with E-state index < -0.39 is 0 Å². The second-order valence-corrected chi connectivity index (χ2v) is 3.94. The Hall–Kier alpha value is -1.42. The summed E-state index contributed by atoms with van der Waals surface area (Å²) in [4.78, 5) is 12.2. The molecule has 0 aliphatic carbocycles. The summed E-state index contributed by atoms with van der Waals surface area (Å²) in [6.45, 7) is 4.03. The maximum Gasteiger partial charge on any atom is 0.230 e. The molecule has 4 heteroatoms. The molecule has 0 radical (unpaired) electrons. The first-order valence-corrected chi connectivity index (χ1v) is 5.57. The summed E-state index contributed by atoms with van der Waals surface area (Å²) in [6.07, 6.45) is 1.65. The molecule has 0 aliphatic heterocycles. The molecule has 3 N–H and O–H groups in total. The third-order valence-corrected chi connectivity index (χ3v) is 2.81. The quantitative estimate of drug-likeness (QED) is 0.452. The van der Waals surface area contributed by atoms with E-state index in [-0.39, 0.29) is 5.91 Å². The fraction of sp³-hybridized carbons (Fsp3) is 0.182. The first kappa shape index (κ1) is 11.7. The van der Waals surface area contributed by atoms with Crippen molar-refractivity contribution in [3.8, 4) is 0 Å². The van der Waals surface area contributed by atoms with Gasteiger partial charge in [0.15, 0.2) is 0 Å². The van der Waals surface area contributed by atoms with Gasteiger partial charge in [-0.05, 0) is 12.1 Å². The van der Waals surface area contributed by atoms with Gasteiger partial charge in [-0.3, -0.25) is 4.79 Å². The number of amides is 1. The van der Waals surface area contributed by atoms with E-state index in [9.17, 15) is 4.79 Å². The van der Waals surface area contributed by atoms with E-state index in [1.165, 1.54) is 11.8 Å². The summed E-state index contributed by atoms with van der Waals surface area (Å²) in [5, 5.41) is 2.70. The molecule has 15 heavy (non-hydrogen) atoms. The Balaban J connectivity index is 2.40. The Bertz CT molecular complexity index is 352. The number of rotatable bonds is 5. The van der Waals surface area contributed by atoms with Gasteiger partial charge in [-0.15, -0.1) is 18.3 Å². The van der Waals surface area contributed by atoms with Crippen molar-refractivity contribution >= 4 is 23.4 Å². The average molecular weight is 222 g/mol. The van der Waals surface area contributed by atoms with Gasteiger partial charge in [-0.25, -0.2) is 0 Å². The Kier molecular flexibility index (Phi) is 4.77. The van der Waals surface area contributed by atoms with Crippen LogP contribution in [0, 0.1) is 0 Å². The van der Waals surface area contributed by atoms with Crippen LogP contribution in [-0.4, -0.2) is 18.2 Å². The van der Waals surface area contributed by atoms with Crippen molar-refractivity contribution in [2.24, 2.45) is 0 Å². The fourth-order valence-corrected chi connectivity index (χ4v) is 1.79. The second-order valence-electron chi connectivity index (χ2n) is 2.92. The number of nitrogen functional groups attached to an aromatic ring is 1. The number of thioether (sulfide) groups is 1. The minimum atomic E-state index is -0.0110. The van der Waals surface area contributed by atoms with Crippen molar-refractivity contribution in [2.45, 2.75) is 4.90 Å². The largest absolute Gasteiger partial charge is 0.398 e. The van der Waals surface area contributed by atoms with Crippen LogP contribution in [0.25, 0.3) is 0 Å². The van der Waals surface area contributed by atoms with Crippen LogP contribution in [0.4, 0.5) is 5.69 Å². The molecule has 0 heterocycles. The van der Waals surface area contributed by atoms with E-state index in [1.807, 2.05) is 24.3 Å². The van der Waals surface area contributed by atoms with Gasteiger partial charge in [0.25, 0.3) is 0 Å². The highest BCUT2D eigenvalue weighted by Crippen LogP contribution is 2.23. The minimum absolute atomic E-state index is 0.0110. The molecular weight excluding hydrogens is 208 g/mol. The standard InChI is InChI=1S/C11H14N2OS/c1-2-7-13-11(14)8-15-10-6-4-3-5-9(10)12/h2-6H,1,7-8,12H2,(H,13,14). The molecule has 0 unspecified atom stereocenters. The van der Waals surface area contributed by atoms with Gasteiger partial charge in [-0.2, -0.15) is 0 Å². The van der Waals surface area contributed by atoms with Crippen molar-refractivity contribution in [1.29, 1.82) is 0 Å². The molecule has 0 saturated heterocycles. The smallest absolute Gasteiger partial charge is 0.230 e. The van der Waals surface area contributed by atoms with Crippen molar-refractivity contribution in [3.05, 3.63) is 36.9 Å². The zero-order chi connectivity index (χ0) is 11.1. The van der Waals surface area contributed by atoms with Crippen molar-refractivity contribution in [1.82, 2.24) is 5.32 Å². The normalized spacial score (nSPS) is 9.60. The Morgan fingerprint density at radius 2 is 2.27 bits per heavy atom. The molecular formula is C11H14N2OS. The van der Waals surface area contributed by atoms with E-state index in [4.69, 9.17) is 5.73 Å². The van der Waals surface area contributed by atoms with Gasteiger partial charge in [0.05, 0.1) is 5.75 Å². The summed E-state index contributed by atoms with van der Waals surface area (Å²) in [6, 6.07) is 7.50. The predicted octanol–water partition coefficient (Wildman–Crippen LogP) is 1.66.